The molecule has 82 valence electrons. The van der Waals surface area contributed by atoms with Crippen LogP contribution in [0.15, 0.2) is 30.3 Å². The number of nitrogens with one attached hydrogen (secondary N) is 1. The Balaban J connectivity index is 3.05. The van der Waals surface area contributed by atoms with E-state index in [0.717, 1.165) is 18.3 Å². The molecule has 0 aliphatic heterocycles. The Morgan fingerprint density at radius 2 is 1.93 bits per heavy atom. The number of hydrogen-bond acceptors (Lipinski definition) is 2. The van der Waals surface area contributed by atoms with Gasteiger partial charge < -0.3 is 4.79 Å². The first-order valence-electron chi connectivity index (χ1n) is 5.44. The molecule has 1 aromatic carbocycles. The van der Waals surface area contributed by atoms with E-state index in [9.17, 15) is 4.79 Å². The quantitative estimate of drug-likeness (QED) is 0.748. The number of rotatable bonds is 5. The smallest absolute Gasteiger partial charge is 0.144 e. The maximum Gasteiger partial charge on any atom is 0.144 e. The number of carbonyl (C=O) groups is 1. The molecule has 0 saturated heterocycles. The fourth-order valence-electron chi connectivity index (χ4n) is 1.83. The van der Waals surface area contributed by atoms with Gasteiger partial charge in [-0.05, 0) is 25.8 Å². The van der Waals surface area contributed by atoms with Gasteiger partial charge >= 0.3 is 0 Å². The van der Waals surface area contributed by atoms with Crippen molar-refractivity contribution in [1.29, 1.82) is 0 Å². The molecule has 1 aromatic rings. The van der Waals surface area contributed by atoms with E-state index < -0.39 is 5.54 Å². The van der Waals surface area contributed by atoms with Crippen molar-refractivity contribution in [2.45, 2.75) is 38.8 Å². The maximum atomic E-state index is 11.3. The molecule has 2 nitrogen and oxygen atoms in total. The van der Waals surface area contributed by atoms with Gasteiger partial charge in [-0.2, -0.15) is 0 Å². The summed E-state index contributed by atoms with van der Waals surface area (Å²) in [4.78, 5) is 11.3. The van der Waals surface area contributed by atoms with Gasteiger partial charge in [-0.25, -0.2) is 0 Å². The van der Waals surface area contributed by atoms with Crippen LogP contribution in [0.5, 0.6) is 0 Å². The van der Waals surface area contributed by atoms with E-state index >= 15 is 0 Å². The molecule has 0 spiro atoms. The second-order valence-electron chi connectivity index (χ2n) is 4.11. The topological polar surface area (TPSA) is 29.1 Å². The summed E-state index contributed by atoms with van der Waals surface area (Å²) in [5.41, 5.74) is 0.506. The van der Waals surface area contributed by atoms with Gasteiger partial charge in [0.25, 0.3) is 0 Å². The normalized spacial score (nSPS) is 14.9. The summed E-state index contributed by atoms with van der Waals surface area (Å²) in [6.07, 6.45) is 1.78. The van der Waals surface area contributed by atoms with E-state index in [1.807, 2.05) is 37.3 Å². The van der Waals surface area contributed by atoms with Crippen LogP contribution in [-0.4, -0.2) is 12.3 Å². The maximum absolute atomic E-state index is 11.3. The van der Waals surface area contributed by atoms with Crippen LogP contribution in [0.1, 0.15) is 32.8 Å². The zero-order valence-electron chi connectivity index (χ0n) is 9.66. The SMILES string of the molecule is CCC(C=O)(NC(C)C)c1ccccc1. The molecule has 1 unspecified atom stereocenters. The molecule has 0 fully saturated rings. The van der Waals surface area contributed by atoms with Gasteiger partial charge in [0, 0.05) is 6.04 Å². The first kappa shape index (κ1) is 11.9. The average molecular weight is 205 g/mol. The lowest BCUT2D eigenvalue weighted by Crippen LogP contribution is -2.46. The Bertz CT molecular complexity index is 308. The molecule has 15 heavy (non-hydrogen) atoms. The molecule has 2 heteroatoms. The van der Waals surface area contributed by atoms with Gasteiger partial charge in [0.05, 0.1) is 5.54 Å². The van der Waals surface area contributed by atoms with Gasteiger partial charge in [0.15, 0.2) is 0 Å². The van der Waals surface area contributed by atoms with Crippen molar-refractivity contribution in [2.24, 2.45) is 0 Å². The fraction of sp³-hybridized carbons (Fsp3) is 0.462. The summed E-state index contributed by atoms with van der Waals surface area (Å²) >= 11 is 0. The summed E-state index contributed by atoms with van der Waals surface area (Å²) in [5, 5.41) is 3.34. The van der Waals surface area contributed by atoms with E-state index in [-0.39, 0.29) is 6.04 Å². The van der Waals surface area contributed by atoms with E-state index in [1.165, 1.54) is 0 Å². The van der Waals surface area contributed by atoms with Crippen LogP contribution in [0.25, 0.3) is 0 Å². The summed E-state index contributed by atoms with van der Waals surface area (Å²) in [6.45, 7) is 6.13. The van der Waals surface area contributed by atoms with Crippen LogP contribution >= 0.6 is 0 Å². The molecule has 0 aromatic heterocycles. The lowest BCUT2D eigenvalue weighted by Gasteiger charge is -2.30. The molecule has 0 heterocycles. The summed E-state index contributed by atoms with van der Waals surface area (Å²) in [6, 6.07) is 10.2. The zero-order chi connectivity index (χ0) is 11.3. The van der Waals surface area contributed by atoms with E-state index in [0.29, 0.717) is 0 Å². The highest BCUT2D eigenvalue weighted by Crippen LogP contribution is 2.23. The van der Waals surface area contributed by atoms with Crippen LogP contribution in [0, 0.1) is 0 Å². The highest BCUT2D eigenvalue weighted by Gasteiger charge is 2.29. The second kappa shape index (κ2) is 5.08. The van der Waals surface area contributed by atoms with Crippen LogP contribution in [0.3, 0.4) is 0 Å². The molecule has 0 amide bonds. The van der Waals surface area contributed by atoms with Crippen molar-refractivity contribution in [2.75, 3.05) is 0 Å². The van der Waals surface area contributed by atoms with Crippen molar-refractivity contribution in [3.8, 4) is 0 Å². The van der Waals surface area contributed by atoms with Crippen LogP contribution in [0.4, 0.5) is 0 Å². The lowest BCUT2D eigenvalue weighted by atomic mass is 9.88. The predicted molar refractivity (Wildman–Crippen MR) is 62.7 cm³/mol. The molecular formula is C13H19NO. The molecular weight excluding hydrogens is 186 g/mol. The predicted octanol–water partition coefficient (Wildman–Crippen LogP) is 2.49. The van der Waals surface area contributed by atoms with E-state index in [1.54, 1.807) is 0 Å². The Morgan fingerprint density at radius 1 is 1.33 bits per heavy atom. The Morgan fingerprint density at radius 3 is 2.33 bits per heavy atom. The summed E-state index contributed by atoms with van der Waals surface area (Å²) in [5.74, 6) is 0. The molecule has 0 radical (unpaired) electrons. The minimum atomic E-state index is -0.532. The molecule has 1 rings (SSSR count). The van der Waals surface area contributed by atoms with Crippen LogP contribution < -0.4 is 5.32 Å². The summed E-state index contributed by atoms with van der Waals surface area (Å²) in [7, 11) is 0. The minimum absolute atomic E-state index is 0.287. The standard InChI is InChI=1S/C13H19NO/c1-4-13(10-15,14-11(2)3)12-8-6-5-7-9-12/h5-11,14H,4H2,1-3H3. The third kappa shape index (κ3) is 2.66. The Labute approximate surface area is 91.7 Å². The number of benzene rings is 1. The molecule has 1 atom stereocenters. The minimum Gasteiger partial charge on any atom is -0.301 e. The highest BCUT2D eigenvalue weighted by atomic mass is 16.1. The van der Waals surface area contributed by atoms with Gasteiger partial charge in [-0.3, -0.25) is 5.32 Å². The molecule has 0 bridgehead atoms. The van der Waals surface area contributed by atoms with Crippen molar-refractivity contribution in [3.05, 3.63) is 35.9 Å². The molecule has 1 N–H and O–H groups in total. The van der Waals surface area contributed by atoms with Crippen LogP contribution in [-0.2, 0) is 10.3 Å². The van der Waals surface area contributed by atoms with Crippen molar-refractivity contribution >= 4 is 6.29 Å². The third-order valence-corrected chi connectivity index (χ3v) is 2.59. The number of carbonyl (C=O) groups excluding carboxylic acids is 1. The first-order chi connectivity index (χ1) is 7.14. The number of hydrogen-bond donors (Lipinski definition) is 1. The van der Waals surface area contributed by atoms with Crippen molar-refractivity contribution in [1.82, 2.24) is 5.32 Å². The Kier molecular flexibility index (Phi) is 4.04. The summed E-state index contributed by atoms with van der Waals surface area (Å²) < 4.78 is 0. The van der Waals surface area contributed by atoms with Crippen LogP contribution in [0.2, 0.25) is 0 Å². The van der Waals surface area contributed by atoms with Gasteiger partial charge in [-0.15, -0.1) is 0 Å². The van der Waals surface area contributed by atoms with Gasteiger partial charge in [0.1, 0.15) is 6.29 Å². The molecule has 0 saturated carbocycles. The largest absolute Gasteiger partial charge is 0.301 e. The highest BCUT2D eigenvalue weighted by molar-refractivity contribution is 5.67. The Hall–Kier alpha value is -1.15. The average Bonchev–Trinajstić information content (AvgIpc) is 2.27. The molecule has 0 aliphatic carbocycles. The van der Waals surface area contributed by atoms with E-state index in [4.69, 9.17) is 0 Å². The number of aldehydes is 1. The van der Waals surface area contributed by atoms with Gasteiger partial charge in [-0.1, -0.05) is 37.3 Å². The van der Waals surface area contributed by atoms with Crippen molar-refractivity contribution in [3.63, 3.8) is 0 Å². The molecule has 0 aliphatic rings. The zero-order valence-corrected chi connectivity index (χ0v) is 9.66. The fourth-order valence-corrected chi connectivity index (χ4v) is 1.83. The second-order valence-corrected chi connectivity index (χ2v) is 4.11. The third-order valence-electron chi connectivity index (χ3n) is 2.59. The lowest BCUT2D eigenvalue weighted by molar-refractivity contribution is -0.114. The first-order valence-corrected chi connectivity index (χ1v) is 5.44. The van der Waals surface area contributed by atoms with Crippen molar-refractivity contribution < 1.29 is 4.79 Å². The van der Waals surface area contributed by atoms with E-state index in [2.05, 4.69) is 19.2 Å². The van der Waals surface area contributed by atoms with Gasteiger partial charge in [0.2, 0.25) is 0 Å². The monoisotopic (exact) mass is 205 g/mol.